The van der Waals surface area contributed by atoms with Crippen LogP contribution in [0.5, 0.6) is 5.88 Å². The maximum atomic E-state index is 12.3. The summed E-state index contributed by atoms with van der Waals surface area (Å²) >= 11 is 0. The molecule has 0 radical (unpaired) electrons. The van der Waals surface area contributed by atoms with Gasteiger partial charge in [0.2, 0.25) is 5.88 Å². The van der Waals surface area contributed by atoms with Crippen molar-refractivity contribution in [1.29, 1.82) is 0 Å². The average Bonchev–Trinajstić information content (AvgIpc) is 3.26. The zero-order valence-electron chi connectivity index (χ0n) is 11.7. The van der Waals surface area contributed by atoms with Crippen LogP contribution in [0.25, 0.3) is 22.3 Å². The average molecular weight is 307 g/mol. The van der Waals surface area contributed by atoms with Gasteiger partial charge in [0.05, 0.1) is 23.6 Å². The van der Waals surface area contributed by atoms with Crippen molar-refractivity contribution in [3.05, 3.63) is 61.2 Å². The second kappa shape index (κ2) is 5.38. The third kappa shape index (κ3) is 2.44. The smallest absolute Gasteiger partial charge is 0.345 e. The van der Waals surface area contributed by atoms with Gasteiger partial charge in [-0.15, -0.1) is 0 Å². The molecule has 4 aromatic rings. The predicted octanol–water partition coefficient (Wildman–Crippen LogP) is 3.10. The van der Waals surface area contributed by atoms with Crippen molar-refractivity contribution in [2.75, 3.05) is 0 Å². The van der Waals surface area contributed by atoms with Crippen LogP contribution < -0.4 is 4.74 Å². The molecule has 0 aliphatic rings. The Morgan fingerprint density at radius 2 is 2.04 bits per heavy atom. The Hall–Kier alpha value is -3.48. The number of fused-ring (bicyclic) bond motifs is 1. The van der Waals surface area contributed by atoms with Crippen molar-refractivity contribution in [3.63, 3.8) is 0 Å². The fourth-order valence-electron chi connectivity index (χ4n) is 2.15. The van der Waals surface area contributed by atoms with Crippen LogP contribution in [0.4, 0.5) is 0 Å². The van der Waals surface area contributed by atoms with Crippen LogP contribution in [0.15, 0.2) is 64.5 Å². The second-order valence-corrected chi connectivity index (χ2v) is 4.67. The number of carbonyl (C=O) groups excluding carboxylic acids is 1. The summed E-state index contributed by atoms with van der Waals surface area (Å²) in [7, 11) is 0. The lowest BCUT2D eigenvalue weighted by Gasteiger charge is -2.06. The number of benzene rings is 1. The van der Waals surface area contributed by atoms with Crippen molar-refractivity contribution in [3.8, 4) is 17.2 Å². The summed E-state index contributed by atoms with van der Waals surface area (Å²) < 4.78 is 15.8. The van der Waals surface area contributed by atoms with Crippen LogP contribution in [-0.2, 0) is 0 Å². The molecule has 0 amide bonds. The van der Waals surface area contributed by atoms with E-state index in [2.05, 4.69) is 15.0 Å². The van der Waals surface area contributed by atoms with Gasteiger partial charge in [-0.2, -0.15) is 0 Å². The first-order valence-electron chi connectivity index (χ1n) is 6.69. The molecular formula is C16H9N3O4. The highest BCUT2D eigenvalue weighted by Crippen LogP contribution is 2.27. The lowest BCUT2D eigenvalue weighted by molar-refractivity contribution is 0.0728. The lowest BCUT2D eigenvalue weighted by atomic mass is 10.2. The van der Waals surface area contributed by atoms with Gasteiger partial charge in [-0.1, -0.05) is 6.07 Å². The maximum absolute atomic E-state index is 12.3. The number of rotatable bonds is 3. The quantitative estimate of drug-likeness (QED) is 0.537. The molecule has 3 aromatic heterocycles. The largest absolute Gasteiger partial charge is 0.464 e. The first kappa shape index (κ1) is 13.2. The number of furan rings is 1. The van der Waals surface area contributed by atoms with Gasteiger partial charge in [-0.3, -0.25) is 0 Å². The van der Waals surface area contributed by atoms with E-state index in [1.54, 1.807) is 24.5 Å². The number of nitrogens with zero attached hydrogens (tertiary/aromatic N) is 3. The zero-order valence-corrected chi connectivity index (χ0v) is 11.7. The molecule has 0 aliphatic heterocycles. The standard InChI is InChI=1S/C16H9N3O4/c20-16(11-2-1-10-3-4-21-13(10)5-11)23-15-12(6-17-8-19-15)14-7-18-9-22-14/h1-9H. The Bertz CT molecular complexity index is 976. The van der Waals surface area contributed by atoms with Crippen molar-refractivity contribution >= 4 is 16.9 Å². The fraction of sp³-hybridized carbons (Fsp3) is 0. The highest BCUT2D eigenvalue weighted by atomic mass is 16.5. The SMILES string of the molecule is O=C(Oc1ncncc1-c1cnco1)c1ccc2ccoc2c1. The van der Waals surface area contributed by atoms with E-state index in [9.17, 15) is 4.79 Å². The Morgan fingerprint density at radius 1 is 1.09 bits per heavy atom. The van der Waals surface area contributed by atoms with Gasteiger partial charge in [-0.05, 0) is 18.2 Å². The van der Waals surface area contributed by atoms with Gasteiger partial charge in [0, 0.05) is 11.6 Å². The Kier molecular flexibility index (Phi) is 3.09. The van der Waals surface area contributed by atoms with E-state index in [1.165, 1.54) is 25.1 Å². The molecule has 0 atom stereocenters. The highest BCUT2D eigenvalue weighted by molar-refractivity contribution is 5.95. The van der Waals surface area contributed by atoms with Crippen molar-refractivity contribution < 1.29 is 18.4 Å². The molecule has 0 saturated heterocycles. The molecule has 112 valence electrons. The molecule has 1 aromatic carbocycles. The Balaban J connectivity index is 1.66. The summed E-state index contributed by atoms with van der Waals surface area (Å²) in [6.07, 6.45) is 7.11. The monoisotopic (exact) mass is 307 g/mol. The molecule has 4 rings (SSSR count). The normalized spacial score (nSPS) is 10.8. The molecule has 0 bridgehead atoms. The maximum Gasteiger partial charge on any atom is 0.345 e. The minimum absolute atomic E-state index is 0.0984. The van der Waals surface area contributed by atoms with Gasteiger partial charge >= 0.3 is 5.97 Å². The van der Waals surface area contributed by atoms with Gasteiger partial charge in [-0.25, -0.2) is 19.7 Å². The molecule has 7 heteroatoms. The molecule has 0 fully saturated rings. The lowest BCUT2D eigenvalue weighted by Crippen LogP contribution is -2.10. The van der Waals surface area contributed by atoms with Gasteiger partial charge in [0.15, 0.2) is 12.2 Å². The summed E-state index contributed by atoms with van der Waals surface area (Å²) in [4.78, 5) is 24.1. The van der Waals surface area contributed by atoms with Crippen LogP contribution in [0.1, 0.15) is 10.4 Å². The van der Waals surface area contributed by atoms with Gasteiger partial charge in [0.1, 0.15) is 11.9 Å². The van der Waals surface area contributed by atoms with Crippen LogP contribution >= 0.6 is 0 Å². The van der Waals surface area contributed by atoms with Crippen molar-refractivity contribution in [2.45, 2.75) is 0 Å². The first-order valence-corrected chi connectivity index (χ1v) is 6.69. The van der Waals surface area contributed by atoms with Crippen LogP contribution in [-0.4, -0.2) is 20.9 Å². The van der Waals surface area contributed by atoms with E-state index in [4.69, 9.17) is 13.6 Å². The van der Waals surface area contributed by atoms with Gasteiger partial charge in [0.25, 0.3) is 0 Å². The molecule has 0 spiro atoms. The van der Waals surface area contributed by atoms with Crippen LogP contribution in [0, 0.1) is 0 Å². The Labute approximate surface area is 129 Å². The van der Waals surface area contributed by atoms with Crippen molar-refractivity contribution in [1.82, 2.24) is 15.0 Å². The Morgan fingerprint density at radius 3 is 2.91 bits per heavy atom. The zero-order chi connectivity index (χ0) is 15.6. The minimum atomic E-state index is -0.553. The molecule has 23 heavy (non-hydrogen) atoms. The number of hydrogen-bond acceptors (Lipinski definition) is 7. The number of aromatic nitrogens is 3. The van der Waals surface area contributed by atoms with Crippen molar-refractivity contribution in [2.24, 2.45) is 0 Å². The van der Waals surface area contributed by atoms with E-state index in [1.807, 2.05) is 6.07 Å². The molecule has 0 saturated carbocycles. The highest BCUT2D eigenvalue weighted by Gasteiger charge is 2.17. The summed E-state index contributed by atoms with van der Waals surface area (Å²) in [5, 5.41) is 0.908. The summed E-state index contributed by atoms with van der Waals surface area (Å²) in [5.41, 5.74) is 1.41. The molecule has 0 aliphatic carbocycles. The van der Waals surface area contributed by atoms with Crippen LogP contribution in [0.3, 0.4) is 0 Å². The summed E-state index contributed by atoms with van der Waals surface area (Å²) in [6, 6.07) is 6.88. The summed E-state index contributed by atoms with van der Waals surface area (Å²) in [5.74, 6) is -0.0426. The van der Waals surface area contributed by atoms with E-state index in [0.717, 1.165) is 5.39 Å². The van der Waals surface area contributed by atoms with E-state index >= 15 is 0 Å². The van der Waals surface area contributed by atoms with E-state index in [-0.39, 0.29) is 5.88 Å². The number of oxazole rings is 1. The van der Waals surface area contributed by atoms with Gasteiger partial charge < -0.3 is 13.6 Å². The van der Waals surface area contributed by atoms with Crippen LogP contribution in [0.2, 0.25) is 0 Å². The number of esters is 1. The van der Waals surface area contributed by atoms with E-state index in [0.29, 0.717) is 22.5 Å². The minimum Gasteiger partial charge on any atom is -0.464 e. The third-order valence-corrected chi connectivity index (χ3v) is 3.25. The number of ether oxygens (including phenoxy) is 1. The topological polar surface area (TPSA) is 91.2 Å². The fourth-order valence-corrected chi connectivity index (χ4v) is 2.15. The second-order valence-electron chi connectivity index (χ2n) is 4.67. The molecule has 7 nitrogen and oxygen atoms in total. The molecule has 0 N–H and O–H groups in total. The summed E-state index contributed by atoms with van der Waals surface area (Å²) in [6.45, 7) is 0. The molecular weight excluding hydrogens is 298 g/mol. The third-order valence-electron chi connectivity index (χ3n) is 3.25. The molecule has 0 unspecified atom stereocenters. The predicted molar refractivity (Wildman–Crippen MR) is 78.7 cm³/mol. The first-order chi connectivity index (χ1) is 11.3. The number of hydrogen-bond donors (Lipinski definition) is 0. The molecule has 3 heterocycles. The van der Waals surface area contributed by atoms with E-state index < -0.39 is 5.97 Å². The number of carbonyl (C=O) groups is 1.